The zero-order chi connectivity index (χ0) is 12.3. The number of phenolic OH excluding ortho intramolecular Hbond substituents is 2. The number of rotatable bonds is 4. The third-order valence-corrected chi connectivity index (χ3v) is 3.62. The lowest BCUT2D eigenvalue weighted by molar-refractivity contribution is 0.396. The molecule has 3 heteroatoms. The summed E-state index contributed by atoms with van der Waals surface area (Å²) in [5, 5.41) is 19.7. The molecule has 1 rings (SSSR count). The molecule has 1 aromatic rings. The lowest BCUT2D eigenvalue weighted by atomic mass is 9.93. The predicted octanol–water partition coefficient (Wildman–Crippen LogP) is 3.71. The van der Waals surface area contributed by atoms with Crippen molar-refractivity contribution in [2.75, 3.05) is 0 Å². The Balaban J connectivity index is 3.58. The quantitative estimate of drug-likeness (QED) is 0.654. The largest absolute Gasteiger partial charge is 0.504 e. The first-order valence-corrected chi connectivity index (χ1v) is 6.22. The van der Waals surface area contributed by atoms with E-state index in [4.69, 9.17) is 0 Å². The highest BCUT2D eigenvalue weighted by Gasteiger charge is 2.19. The number of aromatic hydroxyl groups is 2. The molecule has 2 nitrogen and oxygen atoms in total. The van der Waals surface area contributed by atoms with E-state index in [1.807, 2.05) is 19.9 Å². The van der Waals surface area contributed by atoms with Crippen LogP contribution in [0.1, 0.15) is 30.5 Å². The second-order valence-electron chi connectivity index (χ2n) is 3.65. The van der Waals surface area contributed by atoms with Crippen molar-refractivity contribution in [2.24, 2.45) is 0 Å². The molecular formula is C13H17BrO2. The number of benzene rings is 1. The van der Waals surface area contributed by atoms with Crippen LogP contribution in [-0.2, 0) is 19.3 Å². The number of halogens is 1. The molecule has 88 valence electrons. The Hall–Kier alpha value is -0.960. The lowest BCUT2D eigenvalue weighted by Gasteiger charge is -2.17. The van der Waals surface area contributed by atoms with E-state index in [0.29, 0.717) is 17.3 Å². The molecule has 0 aliphatic heterocycles. The highest BCUT2D eigenvalue weighted by molar-refractivity contribution is 9.10. The van der Waals surface area contributed by atoms with E-state index in [1.165, 1.54) is 0 Å². The van der Waals surface area contributed by atoms with Gasteiger partial charge in [-0.1, -0.05) is 19.9 Å². The molecular weight excluding hydrogens is 268 g/mol. The van der Waals surface area contributed by atoms with Gasteiger partial charge in [-0.2, -0.15) is 0 Å². The smallest absolute Gasteiger partial charge is 0.172 e. The Kier molecular flexibility index (Phi) is 4.42. The molecule has 0 heterocycles. The molecule has 0 radical (unpaired) electrons. The van der Waals surface area contributed by atoms with Crippen LogP contribution >= 0.6 is 15.9 Å². The summed E-state index contributed by atoms with van der Waals surface area (Å²) < 4.78 is 0.599. The molecule has 2 N–H and O–H groups in total. The fraction of sp³-hybridized carbons (Fsp3) is 0.385. The minimum absolute atomic E-state index is 0.0107. The van der Waals surface area contributed by atoms with Crippen molar-refractivity contribution in [3.05, 3.63) is 33.8 Å². The van der Waals surface area contributed by atoms with Crippen molar-refractivity contribution in [1.82, 2.24) is 0 Å². The van der Waals surface area contributed by atoms with Crippen LogP contribution in [0.5, 0.6) is 11.5 Å². The van der Waals surface area contributed by atoms with Crippen LogP contribution in [0.3, 0.4) is 0 Å². The molecule has 0 aliphatic rings. The van der Waals surface area contributed by atoms with Gasteiger partial charge in [0, 0.05) is 5.56 Å². The maximum Gasteiger partial charge on any atom is 0.172 e. The highest BCUT2D eigenvalue weighted by atomic mass is 79.9. The van der Waals surface area contributed by atoms with E-state index in [1.54, 1.807) is 0 Å². The Labute approximate surface area is 105 Å². The number of allylic oxidation sites excluding steroid dienone is 1. The van der Waals surface area contributed by atoms with Crippen LogP contribution in [0.4, 0.5) is 0 Å². The monoisotopic (exact) mass is 284 g/mol. The molecule has 16 heavy (non-hydrogen) atoms. The zero-order valence-electron chi connectivity index (χ0n) is 9.68. The second-order valence-corrected chi connectivity index (χ2v) is 4.44. The van der Waals surface area contributed by atoms with Crippen LogP contribution in [0.25, 0.3) is 0 Å². The summed E-state index contributed by atoms with van der Waals surface area (Å²) in [6.45, 7) is 7.73. The fourth-order valence-corrected chi connectivity index (χ4v) is 2.69. The first-order valence-electron chi connectivity index (χ1n) is 5.43. The summed E-state index contributed by atoms with van der Waals surface area (Å²) >= 11 is 3.33. The van der Waals surface area contributed by atoms with Gasteiger partial charge in [0.1, 0.15) is 0 Å². The van der Waals surface area contributed by atoms with Crippen molar-refractivity contribution in [1.29, 1.82) is 0 Å². The third-order valence-electron chi connectivity index (χ3n) is 2.77. The first-order chi connectivity index (χ1) is 7.58. The van der Waals surface area contributed by atoms with Gasteiger partial charge in [0.2, 0.25) is 0 Å². The van der Waals surface area contributed by atoms with E-state index in [-0.39, 0.29) is 11.5 Å². The molecule has 1 aromatic carbocycles. The van der Waals surface area contributed by atoms with Crippen molar-refractivity contribution in [3.8, 4) is 11.5 Å². The number of hydrogen-bond acceptors (Lipinski definition) is 2. The Morgan fingerprint density at radius 1 is 1.06 bits per heavy atom. The van der Waals surface area contributed by atoms with Gasteiger partial charge in [-0.3, -0.25) is 0 Å². The van der Waals surface area contributed by atoms with Gasteiger partial charge >= 0.3 is 0 Å². The normalized spacial score (nSPS) is 10.4. The molecule has 0 saturated heterocycles. The van der Waals surface area contributed by atoms with Crippen LogP contribution in [-0.4, -0.2) is 10.2 Å². The van der Waals surface area contributed by atoms with Crippen LogP contribution < -0.4 is 0 Å². The Morgan fingerprint density at radius 2 is 1.62 bits per heavy atom. The van der Waals surface area contributed by atoms with Gasteiger partial charge in [0.25, 0.3) is 0 Å². The first kappa shape index (κ1) is 13.1. The zero-order valence-corrected chi connectivity index (χ0v) is 11.3. The van der Waals surface area contributed by atoms with Gasteiger partial charge in [0.15, 0.2) is 11.5 Å². The van der Waals surface area contributed by atoms with Crippen LogP contribution in [0.15, 0.2) is 17.1 Å². The molecule has 0 fully saturated rings. The minimum atomic E-state index is -0.0542. The molecule has 0 amide bonds. The Bertz CT molecular complexity index is 380. The molecule has 0 aromatic heterocycles. The molecule has 0 aliphatic carbocycles. The fourth-order valence-electron chi connectivity index (χ4n) is 1.99. The molecule has 0 spiro atoms. The summed E-state index contributed by atoms with van der Waals surface area (Å²) in [5.74, 6) is -0.0649. The van der Waals surface area contributed by atoms with E-state index < -0.39 is 0 Å². The topological polar surface area (TPSA) is 40.5 Å². The molecule has 0 unspecified atom stereocenters. The summed E-state index contributed by atoms with van der Waals surface area (Å²) in [7, 11) is 0. The van der Waals surface area contributed by atoms with E-state index >= 15 is 0 Å². The number of hydrogen-bond donors (Lipinski definition) is 2. The predicted molar refractivity (Wildman–Crippen MR) is 70.1 cm³/mol. The highest BCUT2D eigenvalue weighted by Crippen LogP contribution is 2.42. The van der Waals surface area contributed by atoms with Gasteiger partial charge in [-0.15, -0.1) is 6.58 Å². The van der Waals surface area contributed by atoms with Crippen LogP contribution in [0, 0.1) is 0 Å². The van der Waals surface area contributed by atoms with Gasteiger partial charge < -0.3 is 10.2 Å². The maximum absolute atomic E-state index is 9.89. The van der Waals surface area contributed by atoms with E-state index in [9.17, 15) is 10.2 Å². The van der Waals surface area contributed by atoms with Crippen molar-refractivity contribution in [3.63, 3.8) is 0 Å². The summed E-state index contributed by atoms with van der Waals surface area (Å²) in [5.41, 5.74) is 2.94. The maximum atomic E-state index is 9.89. The Morgan fingerprint density at radius 3 is 2.06 bits per heavy atom. The van der Waals surface area contributed by atoms with E-state index in [2.05, 4.69) is 22.5 Å². The average molecular weight is 285 g/mol. The lowest BCUT2D eigenvalue weighted by Crippen LogP contribution is -2.00. The molecule has 0 bridgehead atoms. The van der Waals surface area contributed by atoms with Crippen LogP contribution in [0.2, 0.25) is 0 Å². The van der Waals surface area contributed by atoms with Gasteiger partial charge in [-0.25, -0.2) is 0 Å². The van der Waals surface area contributed by atoms with Crippen molar-refractivity contribution >= 4 is 15.9 Å². The molecule has 0 atom stereocenters. The SMILES string of the molecule is C=CCc1c(CC)c(O)c(O)c(Br)c1CC. The van der Waals surface area contributed by atoms with Gasteiger partial charge in [0.05, 0.1) is 4.47 Å². The second kappa shape index (κ2) is 5.39. The van der Waals surface area contributed by atoms with Crippen molar-refractivity contribution in [2.45, 2.75) is 33.1 Å². The van der Waals surface area contributed by atoms with Gasteiger partial charge in [-0.05, 0) is 46.3 Å². The minimum Gasteiger partial charge on any atom is -0.504 e. The summed E-state index contributed by atoms with van der Waals surface area (Å²) in [4.78, 5) is 0. The van der Waals surface area contributed by atoms with E-state index in [0.717, 1.165) is 23.1 Å². The van der Waals surface area contributed by atoms with Crippen molar-refractivity contribution < 1.29 is 10.2 Å². The number of phenols is 2. The molecule has 0 saturated carbocycles. The standard InChI is InChI=1S/C13H17BrO2/c1-4-7-10-8(5-2)11(14)13(16)12(15)9(10)6-3/h4,15-16H,1,5-7H2,2-3H3. The summed E-state index contributed by atoms with van der Waals surface area (Å²) in [6, 6.07) is 0. The summed E-state index contributed by atoms with van der Waals surface area (Å²) in [6.07, 6.45) is 4.03. The average Bonchev–Trinajstić information content (AvgIpc) is 2.28. The third kappa shape index (κ3) is 2.09.